The highest BCUT2D eigenvalue weighted by Crippen LogP contribution is 2.30. The molecule has 148 valence electrons. The molecule has 8 nitrogen and oxygen atoms in total. The number of methoxy groups -OCH3 is 1. The number of hydrogen-bond acceptors (Lipinski definition) is 7. The van der Waals surface area contributed by atoms with Crippen molar-refractivity contribution >= 4 is 17.6 Å². The fraction of sp³-hybridized carbons (Fsp3) is 0.632. The molecule has 1 aliphatic carbocycles. The molecule has 8 heteroatoms. The second-order valence-electron chi connectivity index (χ2n) is 7.22. The minimum Gasteiger partial charge on any atom is -0.481 e. The summed E-state index contributed by atoms with van der Waals surface area (Å²) in [6.45, 7) is 2.19. The van der Waals surface area contributed by atoms with Crippen LogP contribution in [0.1, 0.15) is 51.1 Å². The fourth-order valence-corrected chi connectivity index (χ4v) is 3.70. The molecule has 0 saturated heterocycles. The normalized spacial score (nSPS) is 20.1. The van der Waals surface area contributed by atoms with Gasteiger partial charge in [-0.15, -0.1) is 0 Å². The topological polar surface area (TPSA) is 99.2 Å². The van der Waals surface area contributed by atoms with E-state index in [1.807, 2.05) is 0 Å². The molecular formula is C19H30N6O2. The molecular weight excluding hydrogens is 344 g/mol. The second kappa shape index (κ2) is 9.03. The van der Waals surface area contributed by atoms with E-state index >= 15 is 0 Å². The number of aromatic nitrogens is 4. The van der Waals surface area contributed by atoms with Crippen molar-refractivity contribution < 1.29 is 9.84 Å². The van der Waals surface area contributed by atoms with Gasteiger partial charge in [-0.05, 0) is 18.8 Å². The molecule has 2 atom stereocenters. The first-order valence-electron chi connectivity index (χ1n) is 9.71. The first-order valence-corrected chi connectivity index (χ1v) is 9.71. The zero-order valence-electron chi connectivity index (χ0n) is 16.4. The Bertz CT molecular complexity index is 735. The van der Waals surface area contributed by atoms with Crippen LogP contribution < -0.4 is 15.0 Å². The molecule has 2 heterocycles. The highest BCUT2D eigenvalue weighted by atomic mass is 16.5. The third-order valence-corrected chi connectivity index (χ3v) is 5.40. The number of aliphatic hydroxyl groups excluding tert-OH is 1. The molecule has 0 aromatic carbocycles. The maximum atomic E-state index is 9.17. The molecule has 27 heavy (non-hydrogen) atoms. The highest BCUT2D eigenvalue weighted by molar-refractivity contribution is 5.55. The SMILES string of the molecule is CCC1CCCCC(N(C)c2nc(Nc3cc(CO)[nH]n3)cc(OC)n2)C1. The summed E-state index contributed by atoms with van der Waals surface area (Å²) in [4.78, 5) is 11.4. The van der Waals surface area contributed by atoms with Crippen LogP contribution in [0.15, 0.2) is 12.1 Å². The van der Waals surface area contributed by atoms with Crippen LogP contribution in [0.4, 0.5) is 17.6 Å². The molecule has 0 spiro atoms. The third kappa shape index (κ3) is 4.88. The van der Waals surface area contributed by atoms with Crippen LogP contribution in [-0.4, -0.2) is 45.5 Å². The average molecular weight is 374 g/mol. The summed E-state index contributed by atoms with van der Waals surface area (Å²) in [7, 11) is 3.67. The Morgan fingerprint density at radius 3 is 2.78 bits per heavy atom. The van der Waals surface area contributed by atoms with E-state index in [1.165, 1.54) is 32.1 Å². The van der Waals surface area contributed by atoms with Crippen LogP contribution in [0.2, 0.25) is 0 Å². The van der Waals surface area contributed by atoms with E-state index in [-0.39, 0.29) is 6.61 Å². The lowest BCUT2D eigenvalue weighted by molar-refractivity contribution is 0.276. The molecule has 1 aliphatic rings. The first-order chi connectivity index (χ1) is 13.1. The molecule has 1 saturated carbocycles. The average Bonchev–Trinajstić information content (AvgIpc) is 3.01. The predicted octanol–water partition coefficient (Wildman–Crippen LogP) is 3.24. The van der Waals surface area contributed by atoms with Crippen molar-refractivity contribution in [3.63, 3.8) is 0 Å². The number of aliphatic hydroxyl groups is 1. The quantitative estimate of drug-likeness (QED) is 0.640. The van der Waals surface area contributed by atoms with Crippen LogP contribution in [0, 0.1) is 5.92 Å². The Balaban J connectivity index is 1.81. The molecule has 0 bridgehead atoms. The van der Waals surface area contributed by atoms with Gasteiger partial charge in [0.25, 0.3) is 0 Å². The van der Waals surface area contributed by atoms with E-state index in [4.69, 9.17) is 4.74 Å². The van der Waals surface area contributed by atoms with Crippen LogP contribution in [-0.2, 0) is 6.61 Å². The van der Waals surface area contributed by atoms with Crippen LogP contribution in [0.3, 0.4) is 0 Å². The number of nitrogens with one attached hydrogen (secondary N) is 2. The second-order valence-corrected chi connectivity index (χ2v) is 7.22. The summed E-state index contributed by atoms with van der Waals surface area (Å²) < 4.78 is 5.38. The van der Waals surface area contributed by atoms with Crippen molar-refractivity contribution in [2.75, 3.05) is 24.4 Å². The molecule has 0 radical (unpaired) electrons. The van der Waals surface area contributed by atoms with Gasteiger partial charge in [0.2, 0.25) is 11.8 Å². The van der Waals surface area contributed by atoms with Gasteiger partial charge in [0.1, 0.15) is 5.82 Å². The monoisotopic (exact) mass is 374 g/mol. The maximum absolute atomic E-state index is 9.17. The van der Waals surface area contributed by atoms with Crippen molar-refractivity contribution in [3.05, 3.63) is 17.8 Å². The minimum atomic E-state index is -0.0873. The lowest BCUT2D eigenvalue weighted by Gasteiger charge is -2.29. The van der Waals surface area contributed by atoms with Crippen LogP contribution in [0.25, 0.3) is 0 Å². The Hall–Kier alpha value is -2.35. The number of anilines is 3. The lowest BCUT2D eigenvalue weighted by atomic mass is 9.95. The lowest BCUT2D eigenvalue weighted by Crippen LogP contribution is -2.34. The van der Waals surface area contributed by atoms with Crippen molar-refractivity contribution in [2.24, 2.45) is 5.92 Å². The zero-order valence-corrected chi connectivity index (χ0v) is 16.4. The molecule has 0 aliphatic heterocycles. The van der Waals surface area contributed by atoms with Crippen molar-refractivity contribution in [1.82, 2.24) is 20.2 Å². The van der Waals surface area contributed by atoms with Crippen LogP contribution in [0.5, 0.6) is 5.88 Å². The minimum absolute atomic E-state index is 0.0873. The molecule has 3 rings (SSSR count). The Kier molecular flexibility index (Phi) is 6.49. The predicted molar refractivity (Wildman–Crippen MR) is 105 cm³/mol. The molecule has 2 unspecified atom stereocenters. The summed E-state index contributed by atoms with van der Waals surface area (Å²) in [5, 5.41) is 19.2. The third-order valence-electron chi connectivity index (χ3n) is 5.40. The molecule has 3 N–H and O–H groups in total. The summed E-state index contributed by atoms with van der Waals surface area (Å²) in [5.41, 5.74) is 0.639. The standard InChI is InChI=1S/C19H30N6O2/c1-4-13-7-5-6-8-15(9-13)25(2)19-21-16(11-18(22-19)27-3)20-17-10-14(12-26)23-24-17/h10-11,13,15,26H,4-9,12H2,1-3H3,(H2,20,21,22,23,24). The van der Waals surface area contributed by atoms with E-state index in [0.717, 1.165) is 12.3 Å². The number of ether oxygens (including phenoxy) is 1. The Labute approximate surface area is 160 Å². The van der Waals surface area contributed by atoms with Gasteiger partial charge in [-0.1, -0.05) is 32.6 Å². The number of rotatable bonds is 7. The van der Waals surface area contributed by atoms with E-state index in [0.29, 0.717) is 35.2 Å². The first kappa shape index (κ1) is 19.4. The number of hydrogen-bond donors (Lipinski definition) is 3. The van der Waals surface area contributed by atoms with Gasteiger partial charge in [0.05, 0.1) is 19.4 Å². The summed E-state index contributed by atoms with van der Waals surface area (Å²) in [5.74, 6) is 3.13. The van der Waals surface area contributed by atoms with Gasteiger partial charge in [-0.2, -0.15) is 15.1 Å². The summed E-state index contributed by atoms with van der Waals surface area (Å²) >= 11 is 0. The van der Waals surface area contributed by atoms with Gasteiger partial charge in [0.15, 0.2) is 5.82 Å². The van der Waals surface area contributed by atoms with Crippen molar-refractivity contribution in [1.29, 1.82) is 0 Å². The van der Waals surface area contributed by atoms with E-state index in [1.54, 1.807) is 19.2 Å². The molecule has 0 amide bonds. The van der Waals surface area contributed by atoms with Gasteiger partial charge < -0.3 is 20.1 Å². The molecule has 2 aromatic heterocycles. The fourth-order valence-electron chi connectivity index (χ4n) is 3.70. The van der Waals surface area contributed by atoms with E-state index in [2.05, 4.69) is 44.4 Å². The zero-order chi connectivity index (χ0) is 19.2. The van der Waals surface area contributed by atoms with Gasteiger partial charge >= 0.3 is 0 Å². The largest absolute Gasteiger partial charge is 0.481 e. The molecule has 1 fully saturated rings. The van der Waals surface area contributed by atoms with Gasteiger partial charge in [-0.25, -0.2) is 0 Å². The summed E-state index contributed by atoms with van der Waals surface area (Å²) in [6, 6.07) is 3.92. The Morgan fingerprint density at radius 2 is 2.07 bits per heavy atom. The highest BCUT2D eigenvalue weighted by Gasteiger charge is 2.24. The van der Waals surface area contributed by atoms with Crippen molar-refractivity contribution in [3.8, 4) is 5.88 Å². The maximum Gasteiger partial charge on any atom is 0.230 e. The molecule has 2 aromatic rings. The van der Waals surface area contributed by atoms with Gasteiger partial charge in [-0.3, -0.25) is 5.10 Å². The number of aromatic amines is 1. The van der Waals surface area contributed by atoms with Gasteiger partial charge in [0, 0.05) is 25.2 Å². The number of H-pyrrole nitrogens is 1. The summed E-state index contributed by atoms with van der Waals surface area (Å²) in [6.07, 6.45) is 7.44. The van der Waals surface area contributed by atoms with E-state index < -0.39 is 0 Å². The Morgan fingerprint density at radius 1 is 1.26 bits per heavy atom. The smallest absolute Gasteiger partial charge is 0.230 e. The van der Waals surface area contributed by atoms with E-state index in [9.17, 15) is 5.11 Å². The van der Waals surface area contributed by atoms with Crippen LogP contribution >= 0.6 is 0 Å². The van der Waals surface area contributed by atoms with Crippen molar-refractivity contribution in [2.45, 2.75) is 58.1 Å². The number of nitrogens with zero attached hydrogens (tertiary/aromatic N) is 4.